The molecule has 1 heterocycles. The van der Waals surface area contributed by atoms with Gasteiger partial charge < -0.3 is 16.0 Å². The van der Waals surface area contributed by atoms with E-state index in [2.05, 4.69) is 28.1 Å². The second-order valence-electron chi connectivity index (χ2n) is 8.86. The zero-order valence-corrected chi connectivity index (χ0v) is 16.7. The third-order valence-corrected chi connectivity index (χ3v) is 6.88. The molecule has 28 heavy (non-hydrogen) atoms. The Bertz CT molecular complexity index is 691. The SMILES string of the molecule is O=C(NC1CCCC1)C1CCC(CNC(=O)C2Cc3ccccc3CN2)CC1. The molecule has 2 saturated carbocycles. The van der Waals surface area contributed by atoms with Gasteiger partial charge in [-0.1, -0.05) is 37.1 Å². The van der Waals surface area contributed by atoms with Crippen LogP contribution in [-0.2, 0) is 22.6 Å². The van der Waals surface area contributed by atoms with E-state index in [1.807, 2.05) is 12.1 Å². The number of rotatable bonds is 5. The molecule has 1 aromatic rings. The largest absolute Gasteiger partial charge is 0.354 e. The van der Waals surface area contributed by atoms with Crippen molar-refractivity contribution in [1.29, 1.82) is 0 Å². The van der Waals surface area contributed by atoms with Crippen LogP contribution in [0.2, 0.25) is 0 Å². The average Bonchev–Trinajstić information content (AvgIpc) is 3.25. The molecule has 0 bridgehead atoms. The Kier molecular flexibility index (Phi) is 6.30. The monoisotopic (exact) mass is 383 g/mol. The third kappa shape index (κ3) is 4.75. The van der Waals surface area contributed by atoms with Gasteiger partial charge in [-0.3, -0.25) is 9.59 Å². The van der Waals surface area contributed by atoms with Crippen LogP contribution in [-0.4, -0.2) is 30.4 Å². The molecule has 4 rings (SSSR count). The molecule has 1 unspecified atom stereocenters. The van der Waals surface area contributed by atoms with Crippen LogP contribution in [0.25, 0.3) is 0 Å². The van der Waals surface area contributed by atoms with E-state index in [4.69, 9.17) is 0 Å². The molecule has 0 spiro atoms. The zero-order chi connectivity index (χ0) is 19.3. The normalized spacial score (nSPS) is 27.8. The van der Waals surface area contributed by atoms with E-state index in [0.29, 0.717) is 12.0 Å². The first-order valence-corrected chi connectivity index (χ1v) is 11.1. The van der Waals surface area contributed by atoms with Crippen molar-refractivity contribution in [3.05, 3.63) is 35.4 Å². The van der Waals surface area contributed by atoms with Gasteiger partial charge in [-0.25, -0.2) is 0 Å². The minimum absolute atomic E-state index is 0.107. The molecule has 1 atom stereocenters. The Labute approximate surface area is 168 Å². The fourth-order valence-electron chi connectivity index (χ4n) is 5.03. The molecule has 0 aromatic heterocycles. The Balaban J connectivity index is 1.17. The van der Waals surface area contributed by atoms with Crippen LogP contribution in [0.4, 0.5) is 0 Å². The van der Waals surface area contributed by atoms with Gasteiger partial charge in [0.25, 0.3) is 0 Å². The Morgan fingerprint density at radius 1 is 0.929 bits per heavy atom. The summed E-state index contributed by atoms with van der Waals surface area (Å²) in [5, 5.41) is 9.76. The number of amides is 2. The van der Waals surface area contributed by atoms with Crippen LogP contribution >= 0.6 is 0 Å². The number of nitrogens with one attached hydrogen (secondary N) is 3. The predicted molar refractivity (Wildman–Crippen MR) is 110 cm³/mol. The van der Waals surface area contributed by atoms with Crippen molar-refractivity contribution in [1.82, 2.24) is 16.0 Å². The zero-order valence-electron chi connectivity index (χ0n) is 16.7. The Morgan fingerprint density at radius 2 is 1.64 bits per heavy atom. The molecular formula is C23H33N3O2. The van der Waals surface area contributed by atoms with Gasteiger partial charge in [0.05, 0.1) is 6.04 Å². The molecule has 1 aromatic carbocycles. The molecule has 2 aliphatic carbocycles. The first-order valence-electron chi connectivity index (χ1n) is 11.1. The van der Waals surface area contributed by atoms with Gasteiger partial charge in [-0.05, 0) is 62.0 Å². The van der Waals surface area contributed by atoms with E-state index in [-0.39, 0.29) is 23.8 Å². The quantitative estimate of drug-likeness (QED) is 0.732. The summed E-state index contributed by atoms with van der Waals surface area (Å²) in [4.78, 5) is 25.0. The van der Waals surface area contributed by atoms with E-state index < -0.39 is 0 Å². The molecule has 2 amide bonds. The summed E-state index contributed by atoms with van der Waals surface area (Å²) in [5.74, 6) is 1.04. The van der Waals surface area contributed by atoms with Gasteiger partial charge in [0.15, 0.2) is 0 Å². The van der Waals surface area contributed by atoms with Gasteiger partial charge in [-0.2, -0.15) is 0 Å². The van der Waals surface area contributed by atoms with Crippen molar-refractivity contribution in [2.75, 3.05) is 6.54 Å². The maximum absolute atomic E-state index is 12.6. The van der Waals surface area contributed by atoms with Crippen molar-refractivity contribution in [2.24, 2.45) is 11.8 Å². The molecule has 1 aliphatic heterocycles. The van der Waals surface area contributed by atoms with Gasteiger partial charge in [-0.15, -0.1) is 0 Å². The van der Waals surface area contributed by atoms with Crippen molar-refractivity contribution in [3.8, 4) is 0 Å². The molecule has 152 valence electrons. The minimum atomic E-state index is -0.136. The molecule has 5 heteroatoms. The van der Waals surface area contributed by atoms with Crippen LogP contribution in [0.15, 0.2) is 24.3 Å². The summed E-state index contributed by atoms with van der Waals surface area (Å²) in [7, 11) is 0. The highest BCUT2D eigenvalue weighted by Gasteiger charge is 2.29. The fourth-order valence-corrected chi connectivity index (χ4v) is 5.03. The highest BCUT2D eigenvalue weighted by Crippen LogP contribution is 2.29. The smallest absolute Gasteiger partial charge is 0.237 e. The van der Waals surface area contributed by atoms with Crippen LogP contribution in [0.5, 0.6) is 0 Å². The lowest BCUT2D eigenvalue weighted by atomic mass is 9.81. The molecule has 3 aliphatic rings. The Morgan fingerprint density at radius 3 is 2.39 bits per heavy atom. The van der Waals surface area contributed by atoms with E-state index >= 15 is 0 Å². The number of carbonyl (C=O) groups is 2. The summed E-state index contributed by atoms with van der Waals surface area (Å²) in [6.07, 6.45) is 9.52. The van der Waals surface area contributed by atoms with Crippen LogP contribution in [0.3, 0.4) is 0 Å². The molecular weight excluding hydrogens is 350 g/mol. The van der Waals surface area contributed by atoms with E-state index in [1.165, 1.54) is 24.0 Å². The fraction of sp³-hybridized carbons (Fsp3) is 0.652. The average molecular weight is 384 g/mol. The van der Waals surface area contributed by atoms with E-state index in [0.717, 1.165) is 58.0 Å². The van der Waals surface area contributed by atoms with Crippen molar-refractivity contribution < 1.29 is 9.59 Å². The molecule has 0 saturated heterocycles. The van der Waals surface area contributed by atoms with Gasteiger partial charge in [0.2, 0.25) is 11.8 Å². The predicted octanol–water partition coefficient (Wildman–Crippen LogP) is 2.68. The van der Waals surface area contributed by atoms with Crippen LogP contribution in [0.1, 0.15) is 62.5 Å². The first-order chi connectivity index (χ1) is 13.7. The standard InChI is InChI=1S/C23H33N3O2/c27-22(26-20-7-3-4-8-20)17-11-9-16(10-12-17)14-25-23(28)21-13-18-5-1-2-6-19(18)15-24-21/h1-2,5-6,16-17,20-21,24H,3-4,7-15H2,(H,25,28)(H,26,27). The second-order valence-corrected chi connectivity index (χ2v) is 8.86. The second kappa shape index (κ2) is 9.08. The van der Waals surface area contributed by atoms with Gasteiger partial charge in [0.1, 0.15) is 0 Å². The van der Waals surface area contributed by atoms with Crippen molar-refractivity contribution >= 4 is 11.8 Å². The summed E-state index contributed by atoms with van der Waals surface area (Å²) in [5.41, 5.74) is 2.57. The van der Waals surface area contributed by atoms with Crippen LogP contribution < -0.4 is 16.0 Å². The van der Waals surface area contributed by atoms with Crippen LogP contribution in [0, 0.1) is 11.8 Å². The molecule has 5 nitrogen and oxygen atoms in total. The van der Waals surface area contributed by atoms with E-state index in [1.54, 1.807) is 0 Å². The number of hydrogen-bond donors (Lipinski definition) is 3. The number of fused-ring (bicyclic) bond motifs is 1. The van der Waals surface area contributed by atoms with Gasteiger partial charge in [0, 0.05) is 25.0 Å². The lowest BCUT2D eigenvalue weighted by molar-refractivity contribution is -0.127. The lowest BCUT2D eigenvalue weighted by Gasteiger charge is -2.30. The summed E-state index contributed by atoms with van der Waals surface area (Å²) < 4.78 is 0. The summed E-state index contributed by atoms with van der Waals surface area (Å²) in [6, 6.07) is 8.61. The topological polar surface area (TPSA) is 70.2 Å². The minimum Gasteiger partial charge on any atom is -0.354 e. The molecule has 3 N–H and O–H groups in total. The lowest BCUT2D eigenvalue weighted by Crippen LogP contribution is -2.48. The Hall–Kier alpha value is -1.88. The maximum atomic E-state index is 12.6. The molecule has 0 radical (unpaired) electrons. The van der Waals surface area contributed by atoms with E-state index in [9.17, 15) is 9.59 Å². The number of hydrogen-bond acceptors (Lipinski definition) is 3. The first kappa shape index (κ1) is 19.4. The van der Waals surface area contributed by atoms with Gasteiger partial charge >= 0.3 is 0 Å². The highest BCUT2D eigenvalue weighted by molar-refractivity contribution is 5.82. The van der Waals surface area contributed by atoms with Crippen molar-refractivity contribution in [3.63, 3.8) is 0 Å². The van der Waals surface area contributed by atoms with Crippen molar-refractivity contribution in [2.45, 2.75) is 76.4 Å². The highest BCUT2D eigenvalue weighted by atomic mass is 16.2. The number of carbonyl (C=O) groups excluding carboxylic acids is 2. The third-order valence-electron chi connectivity index (χ3n) is 6.88. The number of benzene rings is 1. The summed E-state index contributed by atoms with van der Waals surface area (Å²) >= 11 is 0. The maximum Gasteiger partial charge on any atom is 0.237 e. The molecule has 2 fully saturated rings. The summed E-state index contributed by atoms with van der Waals surface area (Å²) in [6.45, 7) is 1.49.